The maximum atomic E-state index is 13.5. The van der Waals surface area contributed by atoms with Crippen molar-refractivity contribution in [1.29, 1.82) is 0 Å². The van der Waals surface area contributed by atoms with E-state index in [2.05, 4.69) is 4.90 Å². The van der Waals surface area contributed by atoms with Crippen LogP contribution in [0.3, 0.4) is 0 Å². The summed E-state index contributed by atoms with van der Waals surface area (Å²) in [6.45, 7) is 5.01. The zero-order valence-corrected chi connectivity index (χ0v) is 28.1. The maximum absolute atomic E-state index is 13.5. The van der Waals surface area contributed by atoms with Gasteiger partial charge in [-0.15, -0.1) is 0 Å². The van der Waals surface area contributed by atoms with E-state index in [1.807, 2.05) is 36.4 Å². The van der Waals surface area contributed by atoms with Gasteiger partial charge in [-0.3, -0.25) is 14.6 Å². The van der Waals surface area contributed by atoms with Crippen LogP contribution >= 0.6 is 47.2 Å². The SMILES string of the molecule is COc1cc(C(=O)O)ccc1OCCCN1C(=O)/C(=C/c2cc(-c3cc(Cl)cc(Cl)c3)ccc2OCCN2CCOCC2)SC1=S. The van der Waals surface area contributed by atoms with Crippen molar-refractivity contribution in [2.75, 3.05) is 59.7 Å². The summed E-state index contributed by atoms with van der Waals surface area (Å²) in [6.07, 6.45) is 2.30. The lowest BCUT2D eigenvalue weighted by Gasteiger charge is -2.26. The van der Waals surface area contributed by atoms with Crippen LogP contribution < -0.4 is 14.2 Å². The van der Waals surface area contributed by atoms with E-state index >= 15 is 0 Å². The Kier molecular flexibility index (Phi) is 11.8. The highest BCUT2D eigenvalue weighted by Gasteiger charge is 2.32. The molecule has 1 N–H and O–H groups in total. The van der Waals surface area contributed by atoms with Crippen LogP contribution in [0.4, 0.5) is 0 Å². The molecule has 2 heterocycles. The number of methoxy groups -OCH3 is 1. The number of thioether (sulfide) groups is 1. The lowest BCUT2D eigenvalue weighted by molar-refractivity contribution is -0.122. The molecule has 0 unspecified atom stereocenters. The largest absolute Gasteiger partial charge is 0.493 e. The fraction of sp³-hybridized carbons (Fsp3) is 0.303. The average molecular weight is 704 g/mol. The first-order valence-corrected chi connectivity index (χ1v) is 16.5. The Morgan fingerprint density at radius 3 is 2.39 bits per heavy atom. The predicted octanol–water partition coefficient (Wildman–Crippen LogP) is 6.75. The molecule has 0 saturated carbocycles. The van der Waals surface area contributed by atoms with Crippen LogP contribution in [0, 0.1) is 0 Å². The number of nitrogens with zero attached hydrogens (tertiary/aromatic N) is 2. The predicted molar refractivity (Wildman–Crippen MR) is 185 cm³/mol. The van der Waals surface area contributed by atoms with Crippen LogP contribution in [0.1, 0.15) is 22.3 Å². The fourth-order valence-electron chi connectivity index (χ4n) is 4.96. The number of benzene rings is 3. The third kappa shape index (κ3) is 8.72. The van der Waals surface area contributed by atoms with Gasteiger partial charge in [0.15, 0.2) is 11.5 Å². The third-order valence-electron chi connectivity index (χ3n) is 7.33. The summed E-state index contributed by atoms with van der Waals surface area (Å²) in [5.41, 5.74) is 2.54. The number of hydrogen-bond donors (Lipinski definition) is 1. The second kappa shape index (κ2) is 16.0. The van der Waals surface area contributed by atoms with E-state index in [0.29, 0.717) is 69.3 Å². The van der Waals surface area contributed by atoms with Gasteiger partial charge in [-0.1, -0.05) is 53.2 Å². The second-order valence-electron chi connectivity index (χ2n) is 10.4. The first kappa shape index (κ1) is 34.0. The molecule has 0 radical (unpaired) electrons. The number of aromatic carboxylic acids is 1. The molecule has 0 aromatic heterocycles. The first-order valence-electron chi connectivity index (χ1n) is 14.5. The Morgan fingerprint density at radius 2 is 1.67 bits per heavy atom. The van der Waals surface area contributed by atoms with Gasteiger partial charge in [0.2, 0.25) is 0 Å². The van der Waals surface area contributed by atoms with Gasteiger partial charge >= 0.3 is 5.97 Å². The normalized spacial score (nSPS) is 16.2. The Bertz CT molecular complexity index is 1630. The summed E-state index contributed by atoms with van der Waals surface area (Å²) in [7, 11) is 1.45. The van der Waals surface area contributed by atoms with Gasteiger partial charge in [0.05, 0.1) is 37.4 Å². The molecule has 5 rings (SSSR count). The smallest absolute Gasteiger partial charge is 0.335 e. The van der Waals surface area contributed by atoms with Crippen molar-refractivity contribution in [3.05, 3.63) is 80.7 Å². The molecule has 46 heavy (non-hydrogen) atoms. The number of amides is 1. The molecule has 242 valence electrons. The average Bonchev–Trinajstić information content (AvgIpc) is 3.30. The van der Waals surface area contributed by atoms with E-state index in [1.165, 1.54) is 31.0 Å². The molecule has 0 atom stereocenters. The van der Waals surface area contributed by atoms with E-state index in [-0.39, 0.29) is 18.1 Å². The molecule has 0 aliphatic carbocycles. The third-order valence-corrected chi connectivity index (χ3v) is 9.14. The van der Waals surface area contributed by atoms with Crippen LogP contribution in [0.15, 0.2) is 59.5 Å². The highest BCUT2D eigenvalue weighted by atomic mass is 35.5. The minimum absolute atomic E-state index is 0.0983. The van der Waals surface area contributed by atoms with E-state index in [4.69, 9.17) is 54.4 Å². The summed E-state index contributed by atoms with van der Waals surface area (Å²) in [5.74, 6) is 0.124. The molecule has 2 aliphatic heterocycles. The molecular formula is C33H32Cl2N2O7S2. The number of carboxylic acids is 1. The summed E-state index contributed by atoms with van der Waals surface area (Å²) in [4.78, 5) is 29.1. The zero-order chi connectivity index (χ0) is 32.6. The Hall–Kier alpha value is -3.32. The standard InChI is InChI=1S/C33H32Cl2N2O7S2/c1-41-29-18-22(32(39)40)4-6-28(29)43-11-2-7-37-31(38)30(46-33(37)45)19-24-15-21(23-16-25(34)20-26(35)17-23)3-5-27(24)44-14-10-36-8-12-42-13-9-36/h3-6,15-20H,2,7-14H2,1H3,(H,39,40)/b30-19-. The number of carbonyl (C=O) groups excluding carboxylic acids is 1. The molecular weight excluding hydrogens is 671 g/mol. The van der Waals surface area contributed by atoms with E-state index < -0.39 is 5.97 Å². The Morgan fingerprint density at radius 1 is 0.957 bits per heavy atom. The van der Waals surface area contributed by atoms with Crippen molar-refractivity contribution in [2.45, 2.75) is 6.42 Å². The molecule has 0 spiro atoms. The molecule has 0 bridgehead atoms. The molecule has 1 amide bonds. The van der Waals surface area contributed by atoms with Gasteiger partial charge in [0.25, 0.3) is 5.91 Å². The summed E-state index contributed by atoms with van der Waals surface area (Å²) in [6, 6.07) is 15.5. The van der Waals surface area contributed by atoms with Gasteiger partial charge in [-0.2, -0.15) is 0 Å². The maximum Gasteiger partial charge on any atom is 0.335 e. The Balaban J connectivity index is 1.29. The van der Waals surface area contributed by atoms with Crippen LogP contribution in [0.5, 0.6) is 17.2 Å². The number of ether oxygens (including phenoxy) is 4. The van der Waals surface area contributed by atoms with Crippen LogP contribution in [0.25, 0.3) is 17.2 Å². The van der Waals surface area contributed by atoms with Crippen molar-refractivity contribution < 1.29 is 33.6 Å². The number of morpholine rings is 1. The number of carboxylic acid groups (broad SMARTS) is 1. The molecule has 3 aromatic carbocycles. The van der Waals surface area contributed by atoms with Crippen molar-refractivity contribution in [3.8, 4) is 28.4 Å². The number of rotatable bonds is 13. The van der Waals surface area contributed by atoms with Crippen LogP contribution in [-0.4, -0.2) is 90.8 Å². The van der Waals surface area contributed by atoms with Gasteiger partial charge < -0.3 is 24.1 Å². The van der Waals surface area contributed by atoms with Crippen LogP contribution in [-0.2, 0) is 9.53 Å². The number of halogens is 2. The molecule has 2 saturated heterocycles. The van der Waals surface area contributed by atoms with E-state index in [0.717, 1.165) is 36.3 Å². The molecule has 3 aromatic rings. The quantitative estimate of drug-likeness (QED) is 0.117. The fourth-order valence-corrected chi connectivity index (χ4v) is 6.79. The van der Waals surface area contributed by atoms with Gasteiger partial charge in [-0.05, 0) is 72.2 Å². The minimum Gasteiger partial charge on any atom is -0.493 e. The van der Waals surface area contributed by atoms with Gasteiger partial charge in [0, 0.05) is 41.8 Å². The minimum atomic E-state index is -1.06. The lowest BCUT2D eigenvalue weighted by atomic mass is 10.0. The van der Waals surface area contributed by atoms with Crippen molar-refractivity contribution >= 4 is 69.5 Å². The van der Waals surface area contributed by atoms with Crippen LogP contribution in [0.2, 0.25) is 10.0 Å². The summed E-state index contributed by atoms with van der Waals surface area (Å²) < 4.78 is 23.2. The topological polar surface area (TPSA) is 97.8 Å². The van der Waals surface area contributed by atoms with E-state index in [1.54, 1.807) is 17.0 Å². The lowest BCUT2D eigenvalue weighted by Crippen LogP contribution is -2.38. The zero-order valence-electron chi connectivity index (χ0n) is 25.0. The van der Waals surface area contributed by atoms with Gasteiger partial charge in [0.1, 0.15) is 16.7 Å². The molecule has 9 nitrogen and oxygen atoms in total. The first-order chi connectivity index (χ1) is 22.2. The second-order valence-corrected chi connectivity index (χ2v) is 13.0. The van der Waals surface area contributed by atoms with Crippen molar-refractivity contribution in [3.63, 3.8) is 0 Å². The van der Waals surface area contributed by atoms with Gasteiger partial charge in [-0.25, -0.2) is 4.79 Å². The molecule has 2 aliphatic rings. The summed E-state index contributed by atoms with van der Waals surface area (Å²) in [5, 5.41) is 10.3. The highest BCUT2D eigenvalue weighted by Crippen LogP contribution is 2.37. The summed E-state index contributed by atoms with van der Waals surface area (Å²) >= 11 is 19.4. The Labute approximate surface area is 286 Å². The number of thiocarbonyl (C=S) groups is 1. The van der Waals surface area contributed by atoms with E-state index in [9.17, 15) is 14.7 Å². The number of hydrogen-bond acceptors (Lipinski definition) is 9. The highest BCUT2D eigenvalue weighted by molar-refractivity contribution is 8.26. The monoisotopic (exact) mass is 702 g/mol. The van der Waals surface area contributed by atoms with Crippen molar-refractivity contribution in [2.24, 2.45) is 0 Å². The number of carbonyl (C=O) groups is 2. The molecule has 2 fully saturated rings. The molecule has 13 heteroatoms. The van der Waals surface area contributed by atoms with Crippen molar-refractivity contribution in [1.82, 2.24) is 9.80 Å².